The molecule has 1 N–H and O–H groups in total. The summed E-state index contributed by atoms with van der Waals surface area (Å²) in [4.78, 5) is 14.5. The van der Waals surface area contributed by atoms with Crippen LogP contribution in [0.1, 0.15) is 40.0 Å². The number of ether oxygens (including phenoxy) is 2. The highest BCUT2D eigenvalue weighted by molar-refractivity contribution is 5.80. The predicted molar refractivity (Wildman–Crippen MR) is 79.8 cm³/mol. The van der Waals surface area contributed by atoms with Crippen LogP contribution in [0.5, 0.6) is 0 Å². The lowest BCUT2D eigenvalue weighted by molar-refractivity contribution is -0.149. The second kappa shape index (κ2) is 7.96. The average molecular weight is 286 g/mol. The van der Waals surface area contributed by atoms with E-state index in [1.807, 2.05) is 6.92 Å². The minimum absolute atomic E-state index is 0.168. The first kappa shape index (κ1) is 17.4. The number of methoxy groups -OCH3 is 2. The standard InChI is InChI=1S/C15H30N2O3/c1-6-17(9-10-19-4)12(2)11-15(3,14(18)20-5)16-13-7-8-13/h12-13,16H,6-11H2,1-5H3. The van der Waals surface area contributed by atoms with Crippen molar-refractivity contribution in [3.8, 4) is 0 Å². The maximum Gasteiger partial charge on any atom is 0.325 e. The Labute approximate surface area is 123 Å². The van der Waals surface area contributed by atoms with Gasteiger partial charge in [-0.1, -0.05) is 6.92 Å². The van der Waals surface area contributed by atoms with Gasteiger partial charge >= 0.3 is 5.97 Å². The van der Waals surface area contributed by atoms with Crippen molar-refractivity contribution in [2.45, 2.75) is 57.7 Å². The number of carbonyl (C=O) groups excluding carboxylic acids is 1. The lowest BCUT2D eigenvalue weighted by Crippen LogP contribution is -2.55. The van der Waals surface area contributed by atoms with E-state index < -0.39 is 5.54 Å². The van der Waals surface area contributed by atoms with Crippen molar-refractivity contribution in [1.82, 2.24) is 10.2 Å². The van der Waals surface area contributed by atoms with E-state index in [0.29, 0.717) is 18.7 Å². The molecule has 118 valence electrons. The maximum atomic E-state index is 12.1. The summed E-state index contributed by atoms with van der Waals surface area (Å²) in [5.41, 5.74) is -0.601. The van der Waals surface area contributed by atoms with Gasteiger partial charge in [0.1, 0.15) is 5.54 Å². The average Bonchev–Trinajstić information content (AvgIpc) is 3.22. The Morgan fingerprint density at radius 2 is 2.10 bits per heavy atom. The van der Waals surface area contributed by atoms with Gasteiger partial charge in [-0.05, 0) is 39.7 Å². The van der Waals surface area contributed by atoms with E-state index in [4.69, 9.17) is 9.47 Å². The van der Waals surface area contributed by atoms with Crippen LogP contribution >= 0.6 is 0 Å². The van der Waals surface area contributed by atoms with E-state index in [2.05, 4.69) is 24.1 Å². The summed E-state index contributed by atoms with van der Waals surface area (Å²) in [7, 11) is 3.17. The molecule has 1 rings (SSSR count). The fourth-order valence-corrected chi connectivity index (χ4v) is 2.72. The van der Waals surface area contributed by atoms with E-state index in [1.54, 1.807) is 7.11 Å². The first-order valence-corrected chi connectivity index (χ1v) is 7.56. The number of carbonyl (C=O) groups is 1. The highest BCUT2D eigenvalue weighted by atomic mass is 16.5. The summed E-state index contributed by atoms with van der Waals surface area (Å²) in [6.07, 6.45) is 3.05. The van der Waals surface area contributed by atoms with Gasteiger partial charge < -0.3 is 9.47 Å². The van der Waals surface area contributed by atoms with E-state index >= 15 is 0 Å². The Morgan fingerprint density at radius 1 is 1.45 bits per heavy atom. The lowest BCUT2D eigenvalue weighted by atomic mass is 9.92. The van der Waals surface area contributed by atoms with Gasteiger partial charge in [0.15, 0.2) is 0 Å². The van der Waals surface area contributed by atoms with E-state index in [1.165, 1.54) is 7.11 Å². The number of nitrogens with one attached hydrogen (secondary N) is 1. The molecule has 0 aromatic rings. The number of rotatable bonds is 10. The van der Waals surface area contributed by atoms with Crippen LogP contribution in [-0.2, 0) is 14.3 Å². The molecule has 1 fully saturated rings. The normalized spacial score (nSPS) is 19.7. The molecule has 0 amide bonds. The molecule has 2 unspecified atom stereocenters. The number of esters is 1. The fourth-order valence-electron chi connectivity index (χ4n) is 2.72. The van der Waals surface area contributed by atoms with Gasteiger partial charge in [0, 0.05) is 25.7 Å². The predicted octanol–water partition coefficient (Wildman–Crippen LogP) is 1.42. The molecule has 1 aliphatic carbocycles. The molecule has 1 aliphatic rings. The molecule has 0 spiro atoms. The zero-order valence-electron chi connectivity index (χ0n) is 13.6. The molecular formula is C15H30N2O3. The van der Waals surface area contributed by atoms with Crippen LogP contribution in [0.15, 0.2) is 0 Å². The topological polar surface area (TPSA) is 50.8 Å². The van der Waals surface area contributed by atoms with Crippen LogP contribution in [0.3, 0.4) is 0 Å². The number of likely N-dealkylation sites (N-methyl/N-ethyl adjacent to an activating group) is 1. The van der Waals surface area contributed by atoms with Crippen molar-refractivity contribution in [2.24, 2.45) is 0 Å². The van der Waals surface area contributed by atoms with Crippen molar-refractivity contribution in [2.75, 3.05) is 33.9 Å². The largest absolute Gasteiger partial charge is 0.468 e. The minimum Gasteiger partial charge on any atom is -0.468 e. The van der Waals surface area contributed by atoms with Gasteiger partial charge in [0.25, 0.3) is 0 Å². The molecule has 0 aromatic heterocycles. The van der Waals surface area contributed by atoms with Crippen LogP contribution in [0.25, 0.3) is 0 Å². The summed E-state index contributed by atoms with van der Waals surface area (Å²) in [6, 6.07) is 0.769. The first-order chi connectivity index (χ1) is 9.46. The van der Waals surface area contributed by atoms with Crippen molar-refractivity contribution in [3.05, 3.63) is 0 Å². The SMILES string of the molecule is CCN(CCOC)C(C)CC(C)(NC1CC1)C(=O)OC. The van der Waals surface area contributed by atoms with Gasteiger partial charge in [-0.25, -0.2) is 0 Å². The van der Waals surface area contributed by atoms with E-state index in [9.17, 15) is 4.79 Å². The van der Waals surface area contributed by atoms with E-state index in [0.717, 1.165) is 32.4 Å². The molecule has 0 bridgehead atoms. The third-order valence-electron chi connectivity index (χ3n) is 4.05. The Morgan fingerprint density at radius 3 is 2.55 bits per heavy atom. The van der Waals surface area contributed by atoms with Crippen molar-refractivity contribution in [3.63, 3.8) is 0 Å². The van der Waals surface area contributed by atoms with Crippen LogP contribution in [0, 0.1) is 0 Å². The zero-order chi connectivity index (χ0) is 15.2. The maximum absolute atomic E-state index is 12.1. The molecule has 0 aromatic carbocycles. The lowest BCUT2D eigenvalue weighted by Gasteiger charge is -2.35. The van der Waals surface area contributed by atoms with Gasteiger partial charge in [-0.3, -0.25) is 15.0 Å². The quantitative estimate of drug-likeness (QED) is 0.616. The second-order valence-corrected chi connectivity index (χ2v) is 5.92. The van der Waals surface area contributed by atoms with Gasteiger partial charge in [-0.2, -0.15) is 0 Å². The smallest absolute Gasteiger partial charge is 0.325 e. The third-order valence-corrected chi connectivity index (χ3v) is 4.05. The van der Waals surface area contributed by atoms with Crippen LogP contribution < -0.4 is 5.32 Å². The van der Waals surface area contributed by atoms with Crippen LogP contribution in [0.4, 0.5) is 0 Å². The molecule has 5 nitrogen and oxygen atoms in total. The van der Waals surface area contributed by atoms with Gasteiger partial charge in [-0.15, -0.1) is 0 Å². The van der Waals surface area contributed by atoms with Gasteiger partial charge in [0.05, 0.1) is 13.7 Å². The molecule has 0 saturated heterocycles. The Kier molecular flexibility index (Phi) is 6.92. The highest BCUT2D eigenvalue weighted by Gasteiger charge is 2.41. The highest BCUT2D eigenvalue weighted by Crippen LogP contribution is 2.26. The molecular weight excluding hydrogens is 256 g/mol. The minimum atomic E-state index is -0.601. The van der Waals surface area contributed by atoms with E-state index in [-0.39, 0.29) is 5.97 Å². The second-order valence-electron chi connectivity index (χ2n) is 5.92. The summed E-state index contributed by atoms with van der Waals surface area (Å²) in [5, 5.41) is 3.45. The molecule has 5 heteroatoms. The Hall–Kier alpha value is -0.650. The van der Waals surface area contributed by atoms with Crippen molar-refractivity contribution < 1.29 is 14.3 Å². The van der Waals surface area contributed by atoms with Crippen molar-refractivity contribution in [1.29, 1.82) is 0 Å². The number of hydrogen-bond acceptors (Lipinski definition) is 5. The molecule has 0 radical (unpaired) electrons. The zero-order valence-corrected chi connectivity index (χ0v) is 13.6. The van der Waals surface area contributed by atoms with Gasteiger partial charge in [0.2, 0.25) is 0 Å². The monoisotopic (exact) mass is 286 g/mol. The van der Waals surface area contributed by atoms with Crippen LogP contribution in [0.2, 0.25) is 0 Å². The number of hydrogen-bond donors (Lipinski definition) is 1. The Bertz CT molecular complexity index is 307. The summed E-state index contributed by atoms with van der Waals surface area (Å²) >= 11 is 0. The summed E-state index contributed by atoms with van der Waals surface area (Å²) in [6.45, 7) is 8.80. The molecule has 20 heavy (non-hydrogen) atoms. The molecule has 1 saturated carbocycles. The molecule has 0 heterocycles. The molecule has 2 atom stereocenters. The Balaban J connectivity index is 2.63. The molecule has 0 aliphatic heterocycles. The first-order valence-electron chi connectivity index (χ1n) is 7.56. The fraction of sp³-hybridized carbons (Fsp3) is 0.933. The van der Waals surface area contributed by atoms with Crippen molar-refractivity contribution >= 4 is 5.97 Å². The summed E-state index contributed by atoms with van der Waals surface area (Å²) < 4.78 is 10.1. The summed E-state index contributed by atoms with van der Waals surface area (Å²) in [5.74, 6) is -0.168. The third kappa shape index (κ3) is 5.04. The van der Waals surface area contributed by atoms with Crippen LogP contribution in [-0.4, -0.2) is 62.4 Å². The number of nitrogens with zero attached hydrogens (tertiary/aromatic N) is 1.